The maximum absolute atomic E-state index is 12.2. The number of aromatic nitrogens is 3. The molecule has 0 saturated carbocycles. The van der Waals surface area contributed by atoms with Crippen molar-refractivity contribution in [3.8, 4) is 11.5 Å². The molecule has 0 spiro atoms. The number of fused-ring (bicyclic) bond motifs is 1. The predicted molar refractivity (Wildman–Crippen MR) is 103 cm³/mol. The third kappa shape index (κ3) is 3.84. The van der Waals surface area contributed by atoms with Gasteiger partial charge in [-0.25, -0.2) is 0 Å². The number of methoxy groups -OCH3 is 1. The Balaban J connectivity index is 1.53. The van der Waals surface area contributed by atoms with E-state index in [1.165, 1.54) is 0 Å². The van der Waals surface area contributed by atoms with Crippen LogP contribution in [-0.4, -0.2) is 60.5 Å². The van der Waals surface area contributed by atoms with Crippen LogP contribution in [0.15, 0.2) is 42.5 Å². The van der Waals surface area contributed by atoms with Crippen molar-refractivity contribution in [1.82, 2.24) is 14.6 Å². The number of anilines is 2. The number of carbonyl (C=O) groups excluding carboxylic acids is 1. The first-order valence-corrected chi connectivity index (χ1v) is 8.99. The Kier molecular flexibility index (Phi) is 5.24. The summed E-state index contributed by atoms with van der Waals surface area (Å²) >= 11 is 0. The molecule has 146 valence electrons. The van der Waals surface area contributed by atoms with E-state index in [1.807, 2.05) is 30.3 Å². The molecule has 2 aromatic heterocycles. The molecule has 1 saturated heterocycles. The van der Waals surface area contributed by atoms with Crippen molar-refractivity contribution < 1.29 is 19.0 Å². The topological polar surface area (TPSA) is 90.2 Å². The summed E-state index contributed by atoms with van der Waals surface area (Å²) < 4.78 is 17.9. The standard InChI is InChI=1S/C19H21N5O4/c1-26-15-7-8-17(23-9-11-27-12-10-23)24-18(15)21-19(22-24)20-16(25)13-28-14-5-3-2-4-6-14/h2-8H,9-13H2,1H3,(H,20,22,25). The largest absolute Gasteiger partial charge is 0.493 e. The van der Waals surface area contributed by atoms with E-state index in [4.69, 9.17) is 14.2 Å². The zero-order chi connectivity index (χ0) is 19.3. The highest BCUT2D eigenvalue weighted by Gasteiger charge is 2.19. The number of ether oxygens (including phenoxy) is 3. The molecule has 0 bridgehead atoms. The highest BCUT2D eigenvalue weighted by Crippen LogP contribution is 2.26. The van der Waals surface area contributed by atoms with Crippen LogP contribution in [0.3, 0.4) is 0 Å². The predicted octanol–water partition coefficient (Wildman–Crippen LogP) is 1.59. The average molecular weight is 383 g/mol. The lowest BCUT2D eigenvalue weighted by Gasteiger charge is -2.28. The second-order valence-electron chi connectivity index (χ2n) is 6.18. The van der Waals surface area contributed by atoms with Gasteiger partial charge in [-0.3, -0.25) is 10.1 Å². The molecule has 28 heavy (non-hydrogen) atoms. The number of morpholine rings is 1. The maximum Gasteiger partial charge on any atom is 0.264 e. The molecule has 1 amide bonds. The summed E-state index contributed by atoms with van der Waals surface area (Å²) in [6.45, 7) is 2.69. The number of carbonyl (C=O) groups is 1. The molecule has 1 N–H and O–H groups in total. The fraction of sp³-hybridized carbons (Fsp3) is 0.316. The summed E-state index contributed by atoms with van der Waals surface area (Å²) in [7, 11) is 1.57. The number of benzene rings is 1. The average Bonchev–Trinajstić information content (AvgIpc) is 3.16. The van der Waals surface area contributed by atoms with Gasteiger partial charge in [0.1, 0.15) is 11.6 Å². The summed E-state index contributed by atoms with van der Waals surface area (Å²) in [6, 6.07) is 12.9. The van der Waals surface area contributed by atoms with Crippen molar-refractivity contribution in [2.24, 2.45) is 0 Å². The van der Waals surface area contributed by atoms with E-state index >= 15 is 0 Å². The van der Waals surface area contributed by atoms with Crippen LogP contribution in [0.5, 0.6) is 11.5 Å². The second-order valence-corrected chi connectivity index (χ2v) is 6.18. The van der Waals surface area contributed by atoms with E-state index in [0.717, 1.165) is 18.9 Å². The molecule has 0 aliphatic carbocycles. The Bertz CT molecular complexity index is 954. The van der Waals surface area contributed by atoms with E-state index < -0.39 is 0 Å². The minimum absolute atomic E-state index is 0.132. The highest BCUT2D eigenvalue weighted by molar-refractivity contribution is 5.90. The van der Waals surface area contributed by atoms with Crippen LogP contribution in [-0.2, 0) is 9.53 Å². The molecule has 4 rings (SSSR count). The van der Waals surface area contributed by atoms with Crippen LogP contribution < -0.4 is 19.7 Å². The molecule has 1 aromatic carbocycles. The summed E-state index contributed by atoms with van der Waals surface area (Å²) in [5.41, 5.74) is 0.533. The number of hydrogen-bond acceptors (Lipinski definition) is 7. The van der Waals surface area contributed by atoms with Crippen molar-refractivity contribution in [3.63, 3.8) is 0 Å². The quantitative estimate of drug-likeness (QED) is 0.691. The van der Waals surface area contributed by atoms with Crippen molar-refractivity contribution in [3.05, 3.63) is 42.5 Å². The van der Waals surface area contributed by atoms with Crippen molar-refractivity contribution >= 4 is 23.3 Å². The minimum atomic E-state index is -0.341. The Morgan fingerprint density at radius 1 is 1.18 bits per heavy atom. The lowest BCUT2D eigenvalue weighted by atomic mass is 10.3. The van der Waals surface area contributed by atoms with Crippen LogP contribution in [0, 0.1) is 0 Å². The van der Waals surface area contributed by atoms with Crippen LogP contribution >= 0.6 is 0 Å². The number of nitrogens with one attached hydrogen (secondary N) is 1. The second kappa shape index (κ2) is 8.13. The number of pyridine rings is 1. The molecule has 1 fully saturated rings. The molecular weight excluding hydrogens is 362 g/mol. The first-order valence-electron chi connectivity index (χ1n) is 8.99. The fourth-order valence-electron chi connectivity index (χ4n) is 3.00. The zero-order valence-corrected chi connectivity index (χ0v) is 15.5. The van der Waals surface area contributed by atoms with Gasteiger partial charge in [-0.05, 0) is 24.3 Å². The van der Waals surface area contributed by atoms with Crippen molar-refractivity contribution in [2.45, 2.75) is 0 Å². The van der Waals surface area contributed by atoms with Gasteiger partial charge in [-0.2, -0.15) is 9.50 Å². The van der Waals surface area contributed by atoms with Crippen molar-refractivity contribution in [1.29, 1.82) is 0 Å². The van der Waals surface area contributed by atoms with E-state index in [9.17, 15) is 4.79 Å². The molecule has 1 aliphatic rings. The van der Waals surface area contributed by atoms with Gasteiger partial charge in [-0.1, -0.05) is 18.2 Å². The molecule has 9 heteroatoms. The molecule has 0 atom stereocenters. The number of rotatable bonds is 6. The molecule has 3 aromatic rings. The number of para-hydroxylation sites is 1. The highest BCUT2D eigenvalue weighted by atomic mass is 16.5. The number of hydrogen-bond donors (Lipinski definition) is 1. The van der Waals surface area contributed by atoms with Gasteiger partial charge in [-0.15, -0.1) is 5.10 Å². The smallest absolute Gasteiger partial charge is 0.264 e. The van der Waals surface area contributed by atoms with Gasteiger partial charge in [0, 0.05) is 13.1 Å². The van der Waals surface area contributed by atoms with Gasteiger partial charge in [0.25, 0.3) is 5.91 Å². The maximum atomic E-state index is 12.2. The zero-order valence-electron chi connectivity index (χ0n) is 15.5. The lowest BCUT2D eigenvalue weighted by Crippen LogP contribution is -2.37. The molecule has 9 nitrogen and oxygen atoms in total. The van der Waals surface area contributed by atoms with Crippen LogP contribution in [0.4, 0.5) is 11.8 Å². The van der Waals surface area contributed by atoms with Crippen LogP contribution in [0.2, 0.25) is 0 Å². The van der Waals surface area contributed by atoms with E-state index in [-0.39, 0.29) is 18.5 Å². The van der Waals surface area contributed by atoms with E-state index in [2.05, 4.69) is 20.3 Å². The number of nitrogens with zero attached hydrogens (tertiary/aromatic N) is 4. The lowest BCUT2D eigenvalue weighted by molar-refractivity contribution is -0.118. The van der Waals surface area contributed by atoms with Crippen LogP contribution in [0.25, 0.3) is 5.65 Å². The summed E-state index contributed by atoms with van der Waals surface area (Å²) in [5.74, 6) is 1.92. The Morgan fingerprint density at radius 3 is 2.71 bits per heavy atom. The summed E-state index contributed by atoms with van der Waals surface area (Å²) in [4.78, 5) is 18.8. The van der Waals surface area contributed by atoms with Gasteiger partial charge < -0.3 is 19.1 Å². The summed E-state index contributed by atoms with van der Waals surface area (Å²) in [6.07, 6.45) is 0. The third-order valence-electron chi connectivity index (χ3n) is 4.35. The number of amides is 1. The third-order valence-corrected chi connectivity index (χ3v) is 4.35. The Labute approximate surface area is 161 Å². The molecule has 0 unspecified atom stereocenters. The minimum Gasteiger partial charge on any atom is -0.493 e. The molecule has 3 heterocycles. The SMILES string of the molecule is COc1ccc(N2CCOCC2)n2nc(NC(=O)COc3ccccc3)nc12. The van der Waals surface area contributed by atoms with E-state index in [0.29, 0.717) is 30.4 Å². The van der Waals surface area contributed by atoms with Gasteiger partial charge in [0.15, 0.2) is 12.4 Å². The summed E-state index contributed by atoms with van der Waals surface area (Å²) in [5, 5.41) is 7.12. The van der Waals surface area contributed by atoms with Gasteiger partial charge >= 0.3 is 0 Å². The van der Waals surface area contributed by atoms with Crippen LogP contribution in [0.1, 0.15) is 0 Å². The monoisotopic (exact) mass is 383 g/mol. The first kappa shape index (κ1) is 18.1. The molecule has 0 radical (unpaired) electrons. The van der Waals surface area contributed by atoms with E-state index in [1.54, 1.807) is 23.8 Å². The molecular formula is C19H21N5O4. The fourth-order valence-corrected chi connectivity index (χ4v) is 3.00. The Hall–Kier alpha value is -3.33. The molecule has 1 aliphatic heterocycles. The first-order chi connectivity index (χ1) is 13.7. The Morgan fingerprint density at radius 2 is 1.96 bits per heavy atom. The van der Waals surface area contributed by atoms with Crippen molar-refractivity contribution in [2.75, 3.05) is 50.2 Å². The van der Waals surface area contributed by atoms with Gasteiger partial charge in [0.05, 0.1) is 20.3 Å². The van der Waals surface area contributed by atoms with Gasteiger partial charge in [0.2, 0.25) is 11.6 Å². The normalized spacial score (nSPS) is 14.1.